The van der Waals surface area contributed by atoms with Crippen molar-refractivity contribution in [1.29, 1.82) is 0 Å². The molecule has 90 valence electrons. The van der Waals surface area contributed by atoms with Crippen molar-refractivity contribution in [2.75, 3.05) is 7.05 Å². The molecule has 1 atom stereocenters. The molecule has 17 heavy (non-hydrogen) atoms. The Morgan fingerprint density at radius 1 is 1.29 bits per heavy atom. The summed E-state index contributed by atoms with van der Waals surface area (Å²) in [7, 11) is 1.95. The molecule has 0 radical (unpaired) electrons. The van der Waals surface area contributed by atoms with E-state index < -0.39 is 0 Å². The standard InChI is InChI=1S/C12H17N5/c1-3-17-8-10(5-16-17)4-12(13-2)11-6-14-9-15-7-11/h5-9,12-13H,3-4H2,1-2H3. The Morgan fingerprint density at radius 2 is 2.06 bits per heavy atom. The molecule has 0 saturated carbocycles. The van der Waals surface area contributed by atoms with E-state index in [1.54, 1.807) is 6.33 Å². The lowest BCUT2D eigenvalue weighted by Crippen LogP contribution is -2.19. The van der Waals surface area contributed by atoms with Crippen LogP contribution in [0.5, 0.6) is 0 Å². The van der Waals surface area contributed by atoms with Crippen molar-refractivity contribution in [3.63, 3.8) is 0 Å². The van der Waals surface area contributed by atoms with Crippen molar-refractivity contribution in [1.82, 2.24) is 25.1 Å². The zero-order valence-electron chi connectivity index (χ0n) is 10.2. The average Bonchev–Trinajstić information content (AvgIpc) is 2.84. The van der Waals surface area contributed by atoms with Crippen molar-refractivity contribution in [3.05, 3.63) is 42.2 Å². The van der Waals surface area contributed by atoms with Gasteiger partial charge in [0.25, 0.3) is 0 Å². The molecule has 2 heterocycles. The SMILES string of the molecule is CCn1cc(CC(NC)c2cncnc2)cn1. The van der Waals surface area contributed by atoms with E-state index >= 15 is 0 Å². The highest BCUT2D eigenvalue weighted by Gasteiger charge is 2.11. The Bertz CT molecular complexity index is 451. The summed E-state index contributed by atoms with van der Waals surface area (Å²) >= 11 is 0. The smallest absolute Gasteiger partial charge is 0.115 e. The Hall–Kier alpha value is -1.75. The highest BCUT2D eigenvalue weighted by atomic mass is 15.3. The average molecular weight is 231 g/mol. The molecule has 5 heteroatoms. The van der Waals surface area contributed by atoms with Gasteiger partial charge in [0.2, 0.25) is 0 Å². The van der Waals surface area contributed by atoms with E-state index in [1.807, 2.05) is 30.3 Å². The first-order valence-electron chi connectivity index (χ1n) is 5.77. The van der Waals surface area contributed by atoms with Gasteiger partial charge < -0.3 is 5.32 Å². The van der Waals surface area contributed by atoms with Crippen LogP contribution in [0.4, 0.5) is 0 Å². The number of hydrogen-bond donors (Lipinski definition) is 1. The van der Waals surface area contributed by atoms with Gasteiger partial charge in [-0.3, -0.25) is 4.68 Å². The predicted octanol–water partition coefficient (Wildman–Crippen LogP) is 1.20. The van der Waals surface area contributed by atoms with Gasteiger partial charge in [-0.05, 0) is 26.0 Å². The van der Waals surface area contributed by atoms with E-state index in [0.29, 0.717) is 0 Å². The van der Waals surface area contributed by atoms with Crippen LogP contribution in [0.25, 0.3) is 0 Å². The summed E-state index contributed by atoms with van der Waals surface area (Å²) in [6.45, 7) is 2.98. The zero-order valence-corrected chi connectivity index (χ0v) is 10.2. The molecule has 0 aliphatic heterocycles. The van der Waals surface area contributed by atoms with Crippen molar-refractivity contribution >= 4 is 0 Å². The van der Waals surface area contributed by atoms with Crippen molar-refractivity contribution in [2.45, 2.75) is 25.9 Å². The van der Waals surface area contributed by atoms with Gasteiger partial charge in [-0.2, -0.15) is 5.10 Å². The summed E-state index contributed by atoms with van der Waals surface area (Å²) in [4.78, 5) is 8.09. The third-order valence-corrected chi connectivity index (χ3v) is 2.78. The zero-order chi connectivity index (χ0) is 12.1. The van der Waals surface area contributed by atoms with Gasteiger partial charge in [0.05, 0.1) is 6.20 Å². The minimum absolute atomic E-state index is 0.228. The first kappa shape index (κ1) is 11.7. The van der Waals surface area contributed by atoms with Gasteiger partial charge in [-0.1, -0.05) is 0 Å². The second-order valence-corrected chi connectivity index (χ2v) is 3.92. The fourth-order valence-corrected chi connectivity index (χ4v) is 1.80. The van der Waals surface area contributed by atoms with Crippen LogP contribution < -0.4 is 5.32 Å². The molecule has 1 unspecified atom stereocenters. The van der Waals surface area contributed by atoms with Crippen LogP contribution in [0, 0.1) is 0 Å². The fraction of sp³-hybridized carbons (Fsp3) is 0.417. The Kier molecular flexibility index (Phi) is 3.82. The summed E-state index contributed by atoms with van der Waals surface area (Å²) in [6.07, 6.45) is 10.1. The van der Waals surface area contributed by atoms with Crippen molar-refractivity contribution in [3.8, 4) is 0 Å². The van der Waals surface area contributed by atoms with Gasteiger partial charge in [0.15, 0.2) is 0 Å². The molecule has 0 saturated heterocycles. The lowest BCUT2D eigenvalue weighted by atomic mass is 10.0. The van der Waals surface area contributed by atoms with Crippen molar-refractivity contribution < 1.29 is 0 Å². The maximum absolute atomic E-state index is 4.27. The summed E-state index contributed by atoms with van der Waals surface area (Å²) < 4.78 is 1.93. The molecule has 0 aliphatic carbocycles. The minimum atomic E-state index is 0.228. The number of nitrogens with one attached hydrogen (secondary N) is 1. The maximum atomic E-state index is 4.27. The van der Waals surface area contributed by atoms with E-state index in [2.05, 4.69) is 33.5 Å². The first-order chi connectivity index (χ1) is 8.33. The molecule has 2 aromatic heterocycles. The summed E-state index contributed by atoms with van der Waals surface area (Å²) in [5, 5.41) is 7.55. The molecular weight excluding hydrogens is 214 g/mol. The Morgan fingerprint density at radius 3 is 2.65 bits per heavy atom. The van der Waals surface area contributed by atoms with E-state index in [-0.39, 0.29) is 6.04 Å². The molecule has 0 aromatic carbocycles. The molecule has 2 aromatic rings. The Labute approximate surface area is 101 Å². The lowest BCUT2D eigenvalue weighted by molar-refractivity contribution is 0.586. The molecule has 0 amide bonds. The number of aromatic nitrogens is 4. The summed E-state index contributed by atoms with van der Waals surface area (Å²) in [6, 6.07) is 0.228. The third-order valence-electron chi connectivity index (χ3n) is 2.78. The minimum Gasteiger partial charge on any atom is -0.313 e. The van der Waals surface area contributed by atoms with Crippen LogP contribution in [0.3, 0.4) is 0 Å². The third kappa shape index (κ3) is 2.88. The number of likely N-dealkylation sites (N-methyl/N-ethyl adjacent to an activating group) is 1. The largest absolute Gasteiger partial charge is 0.313 e. The molecular formula is C12H17N5. The topological polar surface area (TPSA) is 55.6 Å². The van der Waals surface area contributed by atoms with E-state index in [9.17, 15) is 0 Å². The van der Waals surface area contributed by atoms with Crippen LogP contribution in [0.1, 0.15) is 24.1 Å². The molecule has 2 rings (SSSR count). The second-order valence-electron chi connectivity index (χ2n) is 3.92. The van der Waals surface area contributed by atoms with Crippen LogP contribution in [0.15, 0.2) is 31.1 Å². The highest BCUT2D eigenvalue weighted by Crippen LogP contribution is 2.15. The summed E-state index contributed by atoms with van der Waals surface area (Å²) in [5.74, 6) is 0. The number of nitrogens with zero attached hydrogens (tertiary/aromatic N) is 4. The molecule has 0 fully saturated rings. The quantitative estimate of drug-likeness (QED) is 0.840. The lowest BCUT2D eigenvalue weighted by Gasteiger charge is -2.14. The van der Waals surface area contributed by atoms with E-state index in [1.165, 1.54) is 5.56 Å². The molecule has 1 N–H and O–H groups in total. The molecule has 5 nitrogen and oxygen atoms in total. The monoisotopic (exact) mass is 231 g/mol. The van der Waals surface area contributed by atoms with Gasteiger partial charge in [-0.15, -0.1) is 0 Å². The number of rotatable bonds is 5. The van der Waals surface area contributed by atoms with Gasteiger partial charge in [0.1, 0.15) is 6.33 Å². The van der Waals surface area contributed by atoms with Gasteiger partial charge in [-0.25, -0.2) is 9.97 Å². The van der Waals surface area contributed by atoms with Gasteiger partial charge in [0, 0.05) is 36.7 Å². The van der Waals surface area contributed by atoms with Gasteiger partial charge >= 0.3 is 0 Å². The molecule has 0 spiro atoms. The Balaban J connectivity index is 2.10. The predicted molar refractivity (Wildman–Crippen MR) is 65.4 cm³/mol. The van der Waals surface area contributed by atoms with Crippen LogP contribution >= 0.6 is 0 Å². The van der Waals surface area contributed by atoms with Crippen LogP contribution in [0.2, 0.25) is 0 Å². The van der Waals surface area contributed by atoms with Crippen molar-refractivity contribution in [2.24, 2.45) is 0 Å². The number of hydrogen-bond acceptors (Lipinski definition) is 4. The normalized spacial score (nSPS) is 12.6. The highest BCUT2D eigenvalue weighted by molar-refractivity contribution is 5.15. The second kappa shape index (κ2) is 5.54. The fourth-order valence-electron chi connectivity index (χ4n) is 1.80. The summed E-state index contributed by atoms with van der Waals surface area (Å²) in [5.41, 5.74) is 2.31. The van der Waals surface area contributed by atoms with E-state index in [4.69, 9.17) is 0 Å². The van der Waals surface area contributed by atoms with E-state index in [0.717, 1.165) is 18.5 Å². The number of aryl methyl sites for hydroxylation is 1. The first-order valence-corrected chi connectivity index (χ1v) is 5.77. The van der Waals surface area contributed by atoms with Crippen LogP contribution in [-0.4, -0.2) is 26.8 Å². The molecule has 0 aliphatic rings. The maximum Gasteiger partial charge on any atom is 0.115 e. The van der Waals surface area contributed by atoms with Crippen LogP contribution in [-0.2, 0) is 13.0 Å². The molecule has 0 bridgehead atoms.